The number of aromatic amines is 1. The van der Waals surface area contributed by atoms with Gasteiger partial charge in [-0.05, 0) is 37.6 Å². The predicted molar refractivity (Wildman–Crippen MR) is 97.8 cm³/mol. The van der Waals surface area contributed by atoms with Crippen LogP contribution in [0.5, 0.6) is 5.75 Å². The molecule has 24 heavy (non-hydrogen) atoms. The van der Waals surface area contributed by atoms with Crippen molar-refractivity contribution in [3.05, 3.63) is 48.0 Å². The molecular weight excluding hydrogens is 322 g/mol. The van der Waals surface area contributed by atoms with Gasteiger partial charge in [0.25, 0.3) is 0 Å². The summed E-state index contributed by atoms with van der Waals surface area (Å²) >= 11 is 1.38. The van der Waals surface area contributed by atoms with E-state index in [4.69, 9.17) is 4.74 Å². The number of benzene rings is 2. The van der Waals surface area contributed by atoms with Gasteiger partial charge in [-0.25, -0.2) is 4.98 Å². The SMILES string of the molecule is CCOc1ccc2nc(SCC(=O)Nc3ccccc3C)[nH]c2c1. The molecule has 0 saturated carbocycles. The minimum Gasteiger partial charge on any atom is -0.494 e. The topological polar surface area (TPSA) is 67.0 Å². The number of carbonyl (C=O) groups is 1. The van der Waals surface area contributed by atoms with E-state index in [1.54, 1.807) is 0 Å². The number of carbonyl (C=O) groups excluding carboxylic acids is 1. The van der Waals surface area contributed by atoms with Gasteiger partial charge in [-0.2, -0.15) is 0 Å². The van der Waals surface area contributed by atoms with Crippen LogP contribution in [0.3, 0.4) is 0 Å². The van der Waals surface area contributed by atoms with Crippen LogP contribution in [0.4, 0.5) is 5.69 Å². The van der Waals surface area contributed by atoms with Gasteiger partial charge in [0.1, 0.15) is 5.75 Å². The number of ether oxygens (including phenoxy) is 1. The number of nitrogens with zero attached hydrogens (tertiary/aromatic N) is 1. The first-order chi connectivity index (χ1) is 11.7. The Bertz CT molecular complexity index is 860. The summed E-state index contributed by atoms with van der Waals surface area (Å²) in [6.45, 7) is 4.55. The number of hydrogen-bond acceptors (Lipinski definition) is 4. The van der Waals surface area contributed by atoms with Crippen LogP contribution >= 0.6 is 11.8 Å². The molecule has 1 amide bonds. The highest BCUT2D eigenvalue weighted by molar-refractivity contribution is 7.99. The van der Waals surface area contributed by atoms with E-state index < -0.39 is 0 Å². The molecule has 2 aromatic carbocycles. The standard InChI is InChI=1S/C18H19N3O2S/c1-3-23-13-8-9-15-16(10-13)21-18(20-15)24-11-17(22)19-14-7-5-4-6-12(14)2/h4-10H,3,11H2,1-2H3,(H,19,22)(H,20,21). The van der Waals surface area contributed by atoms with E-state index in [1.165, 1.54) is 11.8 Å². The van der Waals surface area contributed by atoms with Crippen LogP contribution < -0.4 is 10.1 Å². The monoisotopic (exact) mass is 341 g/mol. The van der Waals surface area contributed by atoms with Gasteiger partial charge in [0.2, 0.25) is 5.91 Å². The molecule has 0 saturated heterocycles. The summed E-state index contributed by atoms with van der Waals surface area (Å²) in [6, 6.07) is 13.4. The first-order valence-electron chi connectivity index (χ1n) is 7.76. The number of H-pyrrole nitrogens is 1. The number of aromatic nitrogens is 2. The molecule has 0 atom stereocenters. The van der Waals surface area contributed by atoms with Crippen molar-refractivity contribution in [3.63, 3.8) is 0 Å². The Hall–Kier alpha value is -2.47. The number of rotatable bonds is 6. The molecule has 2 N–H and O–H groups in total. The number of aryl methyl sites for hydroxylation is 1. The molecule has 1 aromatic heterocycles. The lowest BCUT2D eigenvalue weighted by Gasteiger charge is -2.06. The van der Waals surface area contributed by atoms with E-state index in [0.717, 1.165) is 33.2 Å². The van der Waals surface area contributed by atoms with E-state index in [2.05, 4.69) is 15.3 Å². The van der Waals surface area contributed by atoms with Crippen molar-refractivity contribution in [2.45, 2.75) is 19.0 Å². The van der Waals surface area contributed by atoms with Crippen LogP contribution in [0.15, 0.2) is 47.6 Å². The highest BCUT2D eigenvalue weighted by Crippen LogP contribution is 2.23. The Labute approximate surface area is 144 Å². The number of nitrogens with one attached hydrogen (secondary N) is 2. The van der Waals surface area contributed by atoms with Crippen molar-refractivity contribution in [2.75, 3.05) is 17.7 Å². The van der Waals surface area contributed by atoms with Crippen molar-refractivity contribution >= 4 is 34.4 Å². The molecule has 0 aliphatic carbocycles. The Kier molecular flexibility index (Phi) is 5.05. The lowest BCUT2D eigenvalue weighted by Crippen LogP contribution is -2.14. The van der Waals surface area contributed by atoms with E-state index in [0.29, 0.717) is 12.4 Å². The molecule has 0 aliphatic heterocycles. The third-order valence-corrected chi connectivity index (χ3v) is 4.38. The number of hydrogen-bond donors (Lipinski definition) is 2. The molecule has 0 spiro atoms. The third-order valence-electron chi connectivity index (χ3n) is 3.50. The summed E-state index contributed by atoms with van der Waals surface area (Å²) < 4.78 is 5.48. The van der Waals surface area contributed by atoms with Gasteiger partial charge >= 0.3 is 0 Å². The average Bonchev–Trinajstić information content (AvgIpc) is 2.98. The summed E-state index contributed by atoms with van der Waals surface area (Å²) in [5.74, 6) is 1.05. The molecule has 3 rings (SSSR count). The van der Waals surface area contributed by atoms with Gasteiger partial charge in [-0.15, -0.1) is 0 Å². The fourth-order valence-electron chi connectivity index (χ4n) is 2.32. The second-order valence-electron chi connectivity index (χ2n) is 5.31. The van der Waals surface area contributed by atoms with Crippen molar-refractivity contribution in [1.29, 1.82) is 0 Å². The fourth-order valence-corrected chi connectivity index (χ4v) is 3.01. The lowest BCUT2D eigenvalue weighted by molar-refractivity contribution is -0.113. The van der Waals surface area contributed by atoms with Crippen molar-refractivity contribution in [2.24, 2.45) is 0 Å². The van der Waals surface area contributed by atoms with Crippen LogP contribution in [-0.4, -0.2) is 28.2 Å². The number of para-hydroxylation sites is 1. The Morgan fingerprint density at radius 2 is 2.12 bits per heavy atom. The van der Waals surface area contributed by atoms with Crippen LogP contribution in [0, 0.1) is 6.92 Å². The summed E-state index contributed by atoms with van der Waals surface area (Å²) in [5.41, 5.74) is 3.65. The first-order valence-corrected chi connectivity index (χ1v) is 8.75. The number of amides is 1. The van der Waals surface area contributed by atoms with Crippen molar-refractivity contribution in [3.8, 4) is 5.75 Å². The molecule has 0 radical (unpaired) electrons. The molecule has 0 unspecified atom stereocenters. The fraction of sp³-hybridized carbons (Fsp3) is 0.222. The van der Waals surface area contributed by atoms with E-state index in [1.807, 2.05) is 56.3 Å². The van der Waals surface area contributed by atoms with Gasteiger partial charge in [0, 0.05) is 11.8 Å². The number of anilines is 1. The Morgan fingerprint density at radius 1 is 1.29 bits per heavy atom. The van der Waals surface area contributed by atoms with Gasteiger partial charge in [0.15, 0.2) is 5.16 Å². The minimum atomic E-state index is -0.0511. The van der Waals surface area contributed by atoms with Gasteiger partial charge in [-0.3, -0.25) is 4.79 Å². The second-order valence-corrected chi connectivity index (χ2v) is 6.27. The van der Waals surface area contributed by atoms with E-state index in [9.17, 15) is 4.79 Å². The van der Waals surface area contributed by atoms with Crippen LogP contribution in [-0.2, 0) is 4.79 Å². The zero-order valence-electron chi connectivity index (χ0n) is 13.6. The first kappa shape index (κ1) is 16.4. The summed E-state index contributed by atoms with van der Waals surface area (Å²) in [5, 5.41) is 3.64. The van der Waals surface area contributed by atoms with Gasteiger partial charge in [0.05, 0.1) is 23.4 Å². The highest BCUT2D eigenvalue weighted by Gasteiger charge is 2.09. The zero-order valence-corrected chi connectivity index (χ0v) is 14.4. The zero-order chi connectivity index (χ0) is 16.9. The van der Waals surface area contributed by atoms with E-state index >= 15 is 0 Å². The molecule has 0 bridgehead atoms. The third kappa shape index (κ3) is 3.89. The molecule has 6 heteroatoms. The predicted octanol–water partition coefficient (Wildman–Crippen LogP) is 4.00. The lowest BCUT2D eigenvalue weighted by atomic mass is 10.2. The maximum absolute atomic E-state index is 12.1. The smallest absolute Gasteiger partial charge is 0.234 e. The molecule has 1 heterocycles. The quantitative estimate of drug-likeness (QED) is 0.665. The normalized spacial score (nSPS) is 10.8. The molecule has 3 aromatic rings. The molecule has 5 nitrogen and oxygen atoms in total. The highest BCUT2D eigenvalue weighted by atomic mass is 32.2. The average molecular weight is 341 g/mol. The Balaban J connectivity index is 1.62. The van der Waals surface area contributed by atoms with Crippen molar-refractivity contribution in [1.82, 2.24) is 9.97 Å². The van der Waals surface area contributed by atoms with Gasteiger partial charge in [-0.1, -0.05) is 30.0 Å². The van der Waals surface area contributed by atoms with Gasteiger partial charge < -0.3 is 15.0 Å². The number of thioether (sulfide) groups is 1. The number of imidazole rings is 1. The van der Waals surface area contributed by atoms with E-state index in [-0.39, 0.29) is 5.91 Å². The summed E-state index contributed by atoms with van der Waals surface area (Å²) in [6.07, 6.45) is 0. The molecular formula is C18H19N3O2S. The van der Waals surface area contributed by atoms with Crippen LogP contribution in [0.25, 0.3) is 11.0 Å². The molecule has 124 valence electrons. The molecule has 0 fully saturated rings. The van der Waals surface area contributed by atoms with Crippen molar-refractivity contribution < 1.29 is 9.53 Å². The minimum absolute atomic E-state index is 0.0511. The maximum atomic E-state index is 12.1. The Morgan fingerprint density at radius 3 is 2.92 bits per heavy atom. The second kappa shape index (κ2) is 7.40. The largest absolute Gasteiger partial charge is 0.494 e. The van der Waals surface area contributed by atoms with Crippen LogP contribution in [0.2, 0.25) is 0 Å². The summed E-state index contributed by atoms with van der Waals surface area (Å²) in [7, 11) is 0. The van der Waals surface area contributed by atoms with Crippen LogP contribution in [0.1, 0.15) is 12.5 Å². The maximum Gasteiger partial charge on any atom is 0.234 e. The molecule has 0 aliphatic rings. The number of fused-ring (bicyclic) bond motifs is 1. The summed E-state index contributed by atoms with van der Waals surface area (Å²) in [4.78, 5) is 19.8.